The molecule has 2 N–H and O–H groups in total. The molecular weight excluding hydrogens is 434 g/mol. The van der Waals surface area contributed by atoms with Crippen molar-refractivity contribution in [3.8, 4) is 5.69 Å². The molecule has 1 aromatic heterocycles. The second-order valence-corrected chi connectivity index (χ2v) is 7.73. The minimum Gasteiger partial charge on any atom is -0.378 e. The van der Waals surface area contributed by atoms with Gasteiger partial charge in [0, 0.05) is 24.2 Å². The smallest absolute Gasteiger partial charge is 0.276 e. The molecule has 10 nitrogen and oxygen atoms in total. The van der Waals surface area contributed by atoms with Crippen LogP contribution in [0.25, 0.3) is 5.69 Å². The van der Waals surface area contributed by atoms with Crippen LogP contribution in [-0.4, -0.2) is 54.4 Å². The van der Waals surface area contributed by atoms with Crippen molar-refractivity contribution in [2.45, 2.75) is 32.0 Å². The lowest BCUT2D eigenvalue weighted by atomic mass is 10.1. The number of benzene rings is 2. The zero-order valence-electron chi connectivity index (χ0n) is 17.1. The lowest BCUT2D eigenvalue weighted by Gasteiger charge is -2.24. The van der Waals surface area contributed by atoms with E-state index in [2.05, 4.69) is 25.9 Å². The van der Waals surface area contributed by atoms with Crippen LogP contribution in [0, 0.1) is 6.92 Å². The summed E-state index contributed by atoms with van der Waals surface area (Å²) < 4.78 is 1.46. The maximum Gasteiger partial charge on any atom is 0.276 e. The van der Waals surface area contributed by atoms with Gasteiger partial charge in [-0.25, -0.2) is 9.69 Å². The van der Waals surface area contributed by atoms with E-state index in [-0.39, 0.29) is 13.0 Å². The number of nitrogens with one attached hydrogen (secondary N) is 1. The van der Waals surface area contributed by atoms with Gasteiger partial charge in [0.15, 0.2) is 6.10 Å². The summed E-state index contributed by atoms with van der Waals surface area (Å²) in [7, 11) is 0. The van der Waals surface area contributed by atoms with Crippen molar-refractivity contribution < 1.29 is 14.7 Å². The van der Waals surface area contributed by atoms with Crippen LogP contribution in [0.2, 0.25) is 5.02 Å². The molecule has 2 atom stereocenters. The zero-order chi connectivity index (χ0) is 22.7. The summed E-state index contributed by atoms with van der Waals surface area (Å²) in [6, 6.07) is 11.3. The largest absolute Gasteiger partial charge is 0.378 e. The van der Waals surface area contributed by atoms with Gasteiger partial charge in [0.2, 0.25) is 5.91 Å². The molecule has 11 heteroatoms. The maximum absolute atomic E-state index is 12.9. The quantitative estimate of drug-likeness (QED) is 0.583. The lowest BCUT2D eigenvalue weighted by molar-refractivity contribution is -0.146. The lowest BCUT2D eigenvalue weighted by Crippen LogP contribution is -2.46. The first kappa shape index (κ1) is 21.6. The molecule has 1 aliphatic heterocycles. The zero-order valence-corrected chi connectivity index (χ0v) is 17.8. The van der Waals surface area contributed by atoms with Gasteiger partial charge in [-0.1, -0.05) is 41.4 Å². The van der Waals surface area contributed by atoms with Crippen LogP contribution in [-0.2, 0) is 16.1 Å². The Hall–Kier alpha value is -3.63. The van der Waals surface area contributed by atoms with Crippen molar-refractivity contribution >= 4 is 29.6 Å². The topological polar surface area (TPSA) is 126 Å². The number of tetrazole rings is 1. The number of rotatable bonds is 6. The minimum absolute atomic E-state index is 0.132. The number of halogens is 1. The predicted molar refractivity (Wildman–Crippen MR) is 116 cm³/mol. The van der Waals surface area contributed by atoms with Gasteiger partial charge in [-0.15, -0.1) is 5.10 Å². The molecule has 0 fully saturated rings. The van der Waals surface area contributed by atoms with E-state index in [0.717, 1.165) is 10.6 Å². The monoisotopic (exact) mass is 453 g/mol. The third kappa shape index (κ3) is 4.51. The Kier molecular flexibility index (Phi) is 6.24. The van der Waals surface area contributed by atoms with Crippen molar-refractivity contribution in [3.05, 3.63) is 70.5 Å². The molecule has 0 saturated heterocycles. The molecule has 164 valence electrons. The van der Waals surface area contributed by atoms with Gasteiger partial charge >= 0.3 is 0 Å². The normalized spacial score (nSPS) is 16.2. The number of aromatic nitrogens is 4. The summed E-state index contributed by atoms with van der Waals surface area (Å²) >= 11 is 6.12. The SMILES string of the molecule is Cc1cccc([C@@H](O)C(=O)N2N=CCC2C(=O)NCc2cc(Cl)ccc2-n2cnnn2)c1. The summed E-state index contributed by atoms with van der Waals surface area (Å²) in [5.41, 5.74) is 2.70. The van der Waals surface area contributed by atoms with E-state index in [9.17, 15) is 14.7 Å². The highest BCUT2D eigenvalue weighted by molar-refractivity contribution is 6.30. The summed E-state index contributed by atoms with van der Waals surface area (Å²) in [4.78, 5) is 25.7. The summed E-state index contributed by atoms with van der Waals surface area (Å²) in [5.74, 6) is -1.07. The fourth-order valence-corrected chi connectivity index (χ4v) is 3.64. The van der Waals surface area contributed by atoms with E-state index in [0.29, 0.717) is 21.8 Å². The highest BCUT2D eigenvalue weighted by Crippen LogP contribution is 2.23. The van der Waals surface area contributed by atoms with E-state index >= 15 is 0 Å². The van der Waals surface area contributed by atoms with Gasteiger partial charge in [0.1, 0.15) is 12.4 Å². The van der Waals surface area contributed by atoms with Crippen LogP contribution in [0.5, 0.6) is 0 Å². The van der Waals surface area contributed by atoms with Gasteiger partial charge in [-0.3, -0.25) is 9.59 Å². The molecule has 0 spiro atoms. The van der Waals surface area contributed by atoms with Crippen LogP contribution < -0.4 is 5.32 Å². The van der Waals surface area contributed by atoms with Crippen molar-refractivity contribution in [2.24, 2.45) is 5.10 Å². The highest BCUT2D eigenvalue weighted by atomic mass is 35.5. The predicted octanol–water partition coefficient (Wildman–Crippen LogP) is 1.56. The highest BCUT2D eigenvalue weighted by Gasteiger charge is 2.36. The van der Waals surface area contributed by atoms with Crippen molar-refractivity contribution in [3.63, 3.8) is 0 Å². The van der Waals surface area contributed by atoms with Crippen LogP contribution in [0.4, 0.5) is 0 Å². The molecule has 4 rings (SSSR count). The summed E-state index contributed by atoms with van der Waals surface area (Å²) in [6.07, 6.45) is 1.75. The molecule has 3 aromatic rings. The van der Waals surface area contributed by atoms with Crippen LogP contribution >= 0.6 is 11.6 Å². The summed E-state index contributed by atoms with van der Waals surface area (Å²) in [5, 5.41) is 30.0. The van der Waals surface area contributed by atoms with Gasteiger partial charge in [-0.2, -0.15) is 5.10 Å². The molecule has 2 aromatic carbocycles. The van der Waals surface area contributed by atoms with Gasteiger partial charge < -0.3 is 10.4 Å². The van der Waals surface area contributed by atoms with E-state index in [4.69, 9.17) is 11.6 Å². The van der Waals surface area contributed by atoms with Gasteiger partial charge in [-0.05, 0) is 46.7 Å². The van der Waals surface area contributed by atoms with Crippen molar-refractivity contribution in [1.82, 2.24) is 30.5 Å². The first-order valence-corrected chi connectivity index (χ1v) is 10.2. The van der Waals surface area contributed by atoms with Crippen molar-refractivity contribution in [1.29, 1.82) is 0 Å². The Morgan fingerprint density at radius 1 is 1.28 bits per heavy atom. The minimum atomic E-state index is -1.42. The van der Waals surface area contributed by atoms with Gasteiger partial charge in [0.05, 0.1) is 5.69 Å². The molecule has 0 bridgehead atoms. The molecule has 0 saturated carbocycles. The molecule has 0 radical (unpaired) electrons. The molecule has 32 heavy (non-hydrogen) atoms. The van der Waals surface area contributed by atoms with Crippen LogP contribution in [0.15, 0.2) is 53.9 Å². The Bertz CT molecular complexity index is 1170. The molecule has 1 aliphatic rings. The van der Waals surface area contributed by atoms with E-state index in [1.807, 2.05) is 13.0 Å². The first-order valence-electron chi connectivity index (χ1n) is 9.83. The fraction of sp³-hybridized carbons (Fsp3) is 0.238. The van der Waals surface area contributed by atoms with Crippen molar-refractivity contribution in [2.75, 3.05) is 0 Å². The maximum atomic E-state index is 12.9. The number of carbonyl (C=O) groups is 2. The van der Waals surface area contributed by atoms with E-state index < -0.39 is 24.0 Å². The molecule has 0 aliphatic carbocycles. The number of aryl methyl sites for hydroxylation is 1. The molecular formula is C21H20ClN7O3. The number of nitrogens with zero attached hydrogens (tertiary/aromatic N) is 6. The Balaban J connectivity index is 1.46. The molecule has 2 heterocycles. The first-order chi connectivity index (χ1) is 15.4. The third-order valence-corrected chi connectivity index (χ3v) is 5.28. The number of carbonyl (C=O) groups excluding carboxylic acids is 2. The number of hydrogen-bond acceptors (Lipinski definition) is 7. The third-order valence-electron chi connectivity index (χ3n) is 5.04. The second kappa shape index (κ2) is 9.25. The number of hydrazone groups is 1. The average molecular weight is 454 g/mol. The second-order valence-electron chi connectivity index (χ2n) is 7.29. The molecule has 2 amide bonds. The Morgan fingerprint density at radius 2 is 2.12 bits per heavy atom. The summed E-state index contributed by atoms with van der Waals surface area (Å²) in [6.45, 7) is 2.00. The number of amides is 2. The van der Waals surface area contributed by atoms with E-state index in [1.165, 1.54) is 17.2 Å². The number of aliphatic hydroxyl groups is 1. The standard InChI is InChI=1S/C21H20ClN7O3/c1-13-3-2-4-14(9-13)19(30)21(32)29-18(7-8-25-29)20(31)23-11-15-10-16(22)5-6-17(15)28-12-24-26-27-28/h2-6,8-10,12,18-19,30H,7,11H2,1H3,(H,23,31)/t18?,19-/m1/s1. The average Bonchev–Trinajstić information content (AvgIpc) is 3.49. The number of aliphatic hydroxyl groups excluding tert-OH is 1. The fourth-order valence-electron chi connectivity index (χ4n) is 3.44. The van der Waals surface area contributed by atoms with Crippen LogP contribution in [0.1, 0.15) is 29.2 Å². The Labute approximate surface area is 188 Å². The number of hydrogen-bond donors (Lipinski definition) is 2. The molecule has 1 unspecified atom stereocenters. The van der Waals surface area contributed by atoms with E-state index in [1.54, 1.807) is 36.4 Å². The van der Waals surface area contributed by atoms with Gasteiger partial charge in [0.25, 0.3) is 5.91 Å². The Morgan fingerprint density at radius 3 is 2.88 bits per heavy atom. The van der Waals surface area contributed by atoms with Crippen LogP contribution in [0.3, 0.4) is 0 Å².